The van der Waals surface area contributed by atoms with Crippen molar-refractivity contribution in [2.75, 3.05) is 0 Å². The molecule has 3 aromatic rings. The van der Waals surface area contributed by atoms with Gasteiger partial charge in [-0.25, -0.2) is 4.98 Å². The fourth-order valence-corrected chi connectivity index (χ4v) is 3.73. The van der Waals surface area contributed by atoms with E-state index in [9.17, 15) is 4.79 Å². The summed E-state index contributed by atoms with van der Waals surface area (Å²) in [4.78, 5) is 17.0. The Kier molecular flexibility index (Phi) is 5.07. The number of hydrogen-bond donors (Lipinski definition) is 0. The van der Waals surface area contributed by atoms with Crippen LogP contribution in [0.1, 0.15) is 16.7 Å². The summed E-state index contributed by atoms with van der Waals surface area (Å²) in [7, 11) is 0. The SMILES string of the molecule is Cc1cc(C)cc(-n2ccnc(SCc3ccccc3Cl)c2=O)c1. The highest BCUT2D eigenvalue weighted by molar-refractivity contribution is 7.98. The lowest BCUT2D eigenvalue weighted by molar-refractivity contribution is 0.880. The molecule has 2 aromatic carbocycles. The van der Waals surface area contributed by atoms with E-state index in [1.807, 2.05) is 50.2 Å². The van der Waals surface area contributed by atoms with E-state index in [0.29, 0.717) is 15.8 Å². The number of nitrogens with zero attached hydrogens (tertiary/aromatic N) is 2. The monoisotopic (exact) mass is 356 g/mol. The number of halogens is 1. The Morgan fingerprint density at radius 1 is 1.12 bits per heavy atom. The van der Waals surface area contributed by atoms with Crippen LogP contribution in [0.3, 0.4) is 0 Å². The predicted molar refractivity (Wildman–Crippen MR) is 100 cm³/mol. The minimum absolute atomic E-state index is 0.112. The molecule has 0 aliphatic rings. The highest BCUT2D eigenvalue weighted by Crippen LogP contribution is 2.24. The van der Waals surface area contributed by atoms with Gasteiger partial charge in [-0.1, -0.05) is 47.6 Å². The second-order valence-electron chi connectivity index (χ2n) is 5.63. The second-order valence-corrected chi connectivity index (χ2v) is 7.00. The molecule has 0 amide bonds. The molecule has 0 unspecified atom stereocenters. The maximum atomic E-state index is 12.7. The van der Waals surface area contributed by atoms with Crippen molar-refractivity contribution in [3.8, 4) is 5.69 Å². The van der Waals surface area contributed by atoms with E-state index in [1.165, 1.54) is 11.8 Å². The largest absolute Gasteiger partial charge is 0.287 e. The third-order valence-electron chi connectivity index (χ3n) is 3.62. The average molecular weight is 357 g/mol. The summed E-state index contributed by atoms with van der Waals surface area (Å²) < 4.78 is 1.64. The standard InChI is InChI=1S/C19H17ClN2OS/c1-13-9-14(2)11-16(10-13)22-8-7-21-18(19(22)23)24-12-15-5-3-4-6-17(15)20/h3-11H,12H2,1-2H3. The summed E-state index contributed by atoms with van der Waals surface area (Å²) in [5, 5.41) is 1.17. The molecule has 0 saturated heterocycles. The van der Waals surface area contributed by atoms with E-state index < -0.39 is 0 Å². The van der Waals surface area contributed by atoms with Crippen molar-refractivity contribution in [1.29, 1.82) is 0 Å². The van der Waals surface area contributed by atoms with Gasteiger partial charge in [0, 0.05) is 28.9 Å². The Morgan fingerprint density at radius 3 is 2.54 bits per heavy atom. The number of aromatic nitrogens is 2. The first kappa shape index (κ1) is 16.8. The lowest BCUT2D eigenvalue weighted by Gasteiger charge is -2.09. The lowest BCUT2D eigenvalue weighted by Crippen LogP contribution is -2.20. The highest BCUT2D eigenvalue weighted by atomic mass is 35.5. The molecule has 0 atom stereocenters. The molecule has 0 aliphatic carbocycles. The zero-order chi connectivity index (χ0) is 17.1. The molecule has 122 valence electrons. The van der Waals surface area contributed by atoms with Crippen LogP contribution in [0.4, 0.5) is 0 Å². The van der Waals surface area contributed by atoms with Gasteiger partial charge in [-0.3, -0.25) is 9.36 Å². The molecule has 0 fully saturated rings. The van der Waals surface area contributed by atoms with Crippen molar-refractivity contribution >= 4 is 23.4 Å². The topological polar surface area (TPSA) is 34.9 Å². The van der Waals surface area contributed by atoms with Crippen LogP contribution in [-0.4, -0.2) is 9.55 Å². The Morgan fingerprint density at radius 2 is 1.83 bits per heavy atom. The minimum Gasteiger partial charge on any atom is -0.280 e. The van der Waals surface area contributed by atoms with Gasteiger partial charge in [0.2, 0.25) is 0 Å². The fraction of sp³-hybridized carbons (Fsp3) is 0.158. The zero-order valence-electron chi connectivity index (χ0n) is 13.5. The van der Waals surface area contributed by atoms with E-state index in [2.05, 4.69) is 11.1 Å². The molecule has 0 radical (unpaired) electrons. The van der Waals surface area contributed by atoms with E-state index >= 15 is 0 Å². The van der Waals surface area contributed by atoms with E-state index in [0.717, 1.165) is 22.4 Å². The first-order chi connectivity index (χ1) is 11.5. The van der Waals surface area contributed by atoms with Crippen LogP contribution < -0.4 is 5.56 Å². The third kappa shape index (κ3) is 3.71. The maximum Gasteiger partial charge on any atom is 0.287 e. The van der Waals surface area contributed by atoms with Gasteiger partial charge in [-0.2, -0.15) is 0 Å². The molecule has 3 nitrogen and oxygen atoms in total. The van der Waals surface area contributed by atoms with Crippen LogP contribution in [0.25, 0.3) is 5.69 Å². The van der Waals surface area contributed by atoms with Crippen LogP contribution in [0.5, 0.6) is 0 Å². The van der Waals surface area contributed by atoms with Crippen LogP contribution in [0, 0.1) is 13.8 Å². The van der Waals surface area contributed by atoms with Gasteiger partial charge in [0.05, 0.1) is 0 Å². The molecular formula is C19H17ClN2OS. The first-order valence-corrected chi connectivity index (χ1v) is 8.93. The van der Waals surface area contributed by atoms with Gasteiger partial charge in [-0.05, 0) is 48.7 Å². The molecule has 5 heteroatoms. The summed E-state index contributed by atoms with van der Waals surface area (Å²) in [5.41, 5.74) is 3.99. The molecule has 0 aliphatic heterocycles. The van der Waals surface area contributed by atoms with Crippen LogP contribution in [0.2, 0.25) is 5.02 Å². The number of thioether (sulfide) groups is 1. The molecule has 3 rings (SSSR count). The fourth-order valence-electron chi connectivity index (χ4n) is 2.55. The van der Waals surface area contributed by atoms with E-state index in [-0.39, 0.29) is 5.56 Å². The summed E-state index contributed by atoms with van der Waals surface area (Å²) in [6.45, 7) is 4.05. The molecular weight excluding hydrogens is 340 g/mol. The maximum absolute atomic E-state index is 12.7. The van der Waals surface area contributed by atoms with E-state index in [4.69, 9.17) is 11.6 Å². The van der Waals surface area contributed by atoms with Crippen molar-refractivity contribution in [2.24, 2.45) is 0 Å². The van der Waals surface area contributed by atoms with Gasteiger partial charge in [0.1, 0.15) is 0 Å². The van der Waals surface area contributed by atoms with Gasteiger partial charge in [0.25, 0.3) is 5.56 Å². The minimum atomic E-state index is -0.112. The molecule has 0 N–H and O–H groups in total. The average Bonchev–Trinajstić information content (AvgIpc) is 2.54. The Bertz CT molecular complexity index is 916. The van der Waals surface area contributed by atoms with Gasteiger partial charge in [0.15, 0.2) is 5.03 Å². The Hall–Kier alpha value is -2.04. The quantitative estimate of drug-likeness (QED) is 0.630. The number of benzene rings is 2. The van der Waals surface area contributed by atoms with Gasteiger partial charge >= 0.3 is 0 Å². The van der Waals surface area contributed by atoms with Gasteiger partial charge in [-0.15, -0.1) is 0 Å². The number of aryl methyl sites for hydroxylation is 2. The highest BCUT2D eigenvalue weighted by Gasteiger charge is 2.09. The Labute approximate surface area is 150 Å². The smallest absolute Gasteiger partial charge is 0.280 e. The lowest BCUT2D eigenvalue weighted by atomic mass is 10.1. The summed E-state index contributed by atoms with van der Waals surface area (Å²) in [5.74, 6) is 0.610. The summed E-state index contributed by atoms with van der Waals surface area (Å²) in [6.07, 6.45) is 3.37. The van der Waals surface area contributed by atoms with Crippen molar-refractivity contribution in [1.82, 2.24) is 9.55 Å². The van der Waals surface area contributed by atoms with Crippen molar-refractivity contribution in [3.05, 3.63) is 86.9 Å². The summed E-state index contributed by atoms with van der Waals surface area (Å²) in [6, 6.07) is 13.7. The van der Waals surface area contributed by atoms with Crippen molar-refractivity contribution in [2.45, 2.75) is 24.6 Å². The van der Waals surface area contributed by atoms with Crippen molar-refractivity contribution in [3.63, 3.8) is 0 Å². The molecule has 1 aromatic heterocycles. The molecule has 0 saturated carbocycles. The summed E-state index contributed by atoms with van der Waals surface area (Å²) >= 11 is 7.58. The zero-order valence-corrected chi connectivity index (χ0v) is 15.1. The van der Waals surface area contributed by atoms with Crippen LogP contribution in [-0.2, 0) is 5.75 Å². The third-order valence-corrected chi connectivity index (χ3v) is 4.99. The van der Waals surface area contributed by atoms with Crippen LogP contribution >= 0.6 is 23.4 Å². The van der Waals surface area contributed by atoms with Crippen molar-refractivity contribution < 1.29 is 0 Å². The van der Waals surface area contributed by atoms with Gasteiger partial charge < -0.3 is 0 Å². The van der Waals surface area contributed by atoms with E-state index in [1.54, 1.807) is 17.0 Å². The number of hydrogen-bond acceptors (Lipinski definition) is 3. The number of rotatable bonds is 4. The molecule has 1 heterocycles. The molecule has 24 heavy (non-hydrogen) atoms. The van der Waals surface area contributed by atoms with Crippen LogP contribution in [0.15, 0.2) is 64.7 Å². The normalized spacial score (nSPS) is 10.8. The second kappa shape index (κ2) is 7.24. The Balaban J connectivity index is 1.91. The molecule has 0 spiro atoms. The molecule has 0 bridgehead atoms. The first-order valence-electron chi connectivity index (χ1n) is 7.57. The predicted octanol–water partition coefficient (Wildman–Crippen LogP) is 4.80.